The monoisotopic (exact) mass is 393 g/mol. The molecule has 0 amide bonds. The Bertz CT molecular complexity index is 269. The highest BCUT2D eigenvalue weighted by Gasteiger charge is 2.04. The van der Waals surface area contributed by atoms with Crippen molar-refractivity contribution in [1.29, 1.82) is 0 Å². The summed E-state index contributed by atoms with van der Waals surface area (Å²) in [6.45, 7) is 11.5. The molecule has 0 heterocycles. The van der Waals surface area contributed by atoms with Crippen LogP contribution in [-0.2, 0) is 0 Å². The Morgan fingerprint density at radius 2 is 0.714 bits per heavy atom. The molecule has 0 N–H and O–H groups in total. The second kappa shape index (κ2) is 23.3. The van der Waals surface area contributed by atoms with Crippen molar-refractivity contribution in [2.45, 2.75) is 162 Å². The zero-order valence-corrected chi connectivity index (χ0v) is 20.4. The van der Waals surface area contributed by atoms with Gasteiger partial charge in [0.2, 0.25) is 0 Å². The van der Waals surface area contributed by atoms with E-state index >= 15 is 0 Å². The van der Waals surface area contributed by atoms with Gasteiger partial charge in [-0.1, -0.05) is 169 Å². The van der Waals surface area contributed by atoms with E-state index in [1.165, 1.54) is 141 Å². The molecule has 0 bridgehead atoms. The van der Waals surface area contributed by atoms with Gasteiger partial charge in [-0.25, -0.2) is 0 Å². The van der Waals surface area contributed by atoms with Crippen LogP contribution in [0.5, 0.6) is 0 Å². The molecule has 0 saturated heterocycles. The second-order valence-corrected chi connectivity index (χ2v) is 9.78. The van der Waals surface area contributed by atoms with E-state index in [4.69, 9.17) is 0 Å². The van der Waals surface area contributed by atoms with Gasteiger partial charge in [0, 0.05) is 0 Å². The van der Waals surface area contributed by atoms with Crippen LogP contribution in [0.25, 0.3) is 0 Å². The SMILES string of the molecule is [CH2]C(CCCCCCCCCCCC)CCCCCCCC(C)CCCCC. The first-order valence-electron chi connectivity index (χ1n) is 13.5. The van der Waals surface area contributed by atoms with E-state index < -0.39 is 0 Å². The van der Waals surface area contributed by atoms with Gasteiger partial charge in [-0.05, 0) is 11.8 Å². The van der Waals surface area contributed by atoms with Crippen LogP contribution in [0.4, 0.5) is 0 Å². The molecule has 0 heteroatoms. The van der Waals surface area contributed by atoms with Crippen LogP contribution in [0.2, 0.25) is 0 Å². The first kappa shape index (κ1) is 28.0. The van der Waals surface area contributed by atoms with Crippen LogP contribution in [0.3, 0.4) is 0 Å². The molecule has 0 aromatic rings. The molecule has 0 aromatic heterocycles. The smallest absolute Gasteiger partial charge is 0.0414 e. The summed E-state index contributed by atoms with van der Waals surface area (Å²) in [6, 6.07) is 0. The van der Waals surface area contributed by atoms with E-state index in [1.54, 1.807) is 0 Å². The Morgan fingerprint density at radius 1 is 0.429 bits per heavy atom. The van der Waals surface area contributed by atoms with Crippen LogP contribution in [0.15, 0.2) is 0 Å². The Morgan fingerprint density at radius 3 is 1.14 bits per heavy atom. The molecule has 0 aliphatic rings. The quantitative estimate of drug-likeness (QED) is 0.151. The Hall–Kier alpha value is 0. The lowest BCUT2D eigenvalue weighted by Crippen LogP contribution is -1.96. The average Bonchev–Trinajstić information content (AvgIpc) is 2.69. The minimum atomic E-state index is 0.715. The predicted octanol–water partition coefficient (Wildman–Crippen LogP) is 10.7. The third kappa shape index (κ3) is 22.3. The van der Waals surface area contributed by atoms with Gasteiger partial charge in [-0.15, -0.1) is 0 Å². The molecule has 28 heavy (non-hydrogen) atoms. The lowest BCUT2D eigenvalue weighted by Gasteiger charge is -2.12. The average molecular weight is 394 g/mol. The van der Waals surface area contributed by atoms with Crippen molar-refractivity contribution in [2.24, 2.45) is 11.8 Å². The van der Waals surface area contributed by atoms with Gasteiger partial charge in [0.05, 0.1) is 0 Å². The standard InChI is InChI=1S/C28H57/c1-5-7-9-10-11-12-13-14-16-20-25-28(4)26-22-18-15-17-21-24-27(3)23-19-8-6-2/h27-28H,4-26H2,1-3H3. The highest BCUT2D eigenvalue weighted by molar-refractivity contribution is 4.62. The van der Waals surface area contributed by atoms with Crippen LogP contribution in [0.1, 0.15) is 162 Å². The first-order valence-corrected chi connectivity index (χ1v) is 13.5. The molecule has 1 radical (unpaired) electrons. The summed E-state index contributed by atoms with van der Waals surface area (Å²) in [6.07, 6.45) is 31.5. The molecule has 2 unspecified atom stereocenters. The van der Waals surface area contributed by atoms with E-state index in [-0.39, 0.29) is 0 Å². The van der Waals surface area contributed by atoms with Crippen molar-refractivity contribution >= 4 is 0 Å². The van der Waals surface area contributed by atoms with Crippen LogP contribution in [-0.4, -0.2) is 0 Å². The van der Waals surface area contributed by atoms with Gasteiger partial charge in [0.25, 0.3) is 0 Å². The van der Waals surface area contributed by atoms with Crippen molar-refractivity contribution in [3.8, 4) is 0 Å². The summed E-state index contributed by atoms with van der Waals surface area (Å²) >= 11 is 0. The minimum Gasteiger partial charge on any atom is -0.0654 e. The molecular formula is C28H57. The maximum Gasteiger partial charge on any atom is -0.0414 e. The summed E-state index contributed by atoms with van der Waals surface area (Å²) in [5.41, 5.74) is 0. The van der Waals surface area contributed by atoms with Gasteiger partial charge >= 0.3 is 0 Å². The van der Waals surface area contributed by atoms with Crippen molar-refractivity contribution in [3.05, 3.63) is 6.92 Å². The van der Waals surface area contributed by atoms with E-state index in [0.29, 0.717) is 5.92 Å². The molecule has 0 spiro atoms. The highest BCUT2D eigenvalue weighted by Crippen LogP contribution is 2.20. The van der Waals surface area contributed by atoms with E-state index in [0.717, 1.165) is 5.92 Å². The molecule has 0 aliphatic heterocycles. The fraction of sp³-hybridized carbons (Fsp3) is 0.964. The van der Waals surface area contributed by atoms with Crippen molar-refractivity contribution in [2.75, 3.05) is 0 Å². The van der Waals surface area contributed by atoms with Crippen LogP contribution in [0, 0.1) is 18.8 Å². The summed E-state index contributed by atoms with van der Waals surface area (Å²) in [7, 11) is 0. The normalized spacial score (nSPS) is 13.7. The molecule has 0 aromatic carbocycles. The fourth-order valence-electron chi connectivity index (χ4n) is 4.41. The van der Waals surface area contributed by atoms with E-state index in [2.05, 4.69) is 27.7 Å². The third-order valence-corrected chi connectivity index (χ3v) is 6.58. The topological polar surface area (TPSA) is 0 Å². The van der Waals surface area contributed by atoms with Crippen molar-refractivity contribution in [3.63, 3.8) is 0 Å². The highest BCUT2D eigenvalue weighted by atomic mass is 14.1. The van der Waals surface area contributed by atoms with Crippen LogP contribution >= 0.6 is 0 Å². The zero-order chi connectivity index (χ0) is 20.7. The van der Waals surface area contributed by atoms with Crippen molar-refractivity contribution < 1.29 is 0 Å². The number of unbranched alkanes of at least 4 members (excludes halogenated alkanes) is 15. The fourth-order valence-corrected chi connectivity index (χ4v) is 4.41. The van der Waals surface area contributed by atoms with E-state index in [9.17, 15) is 0 Å². The Labute approximate surface area is 181 Å². The summed E-state index contributed by atoms with van der Waals surface area (Å²) in [5, 5.41) is 0. The molecule has 0 rings (SSSR count). The lowest BCUT2D eigenvalue weighted by molar-refractivity contribution is 0.429. The van der Waals surface area contributed by atoms with Gasteiger partial charge in [0.15, 0.2) is 0 Å². The number of hydrogen-bond acceptors (Lipinski definition) is 0. The molecule has 0 aliphatic carbocycles. The molecule has 169 valence electrons. The third-order valence-electron chi connectivity index (χ3n) is 6.58. The number of hydrogen-bond donors (Lipinski definition) is 0. The first-order chi connectivity index (χ1) is 13.7. The van der Waals surface area contributed by atoms with Gasteiger partial charge in [-0.3, -0.25) is 0 Å². The molecule has 0 saturated carbocycles. The summed E-state index contributed by atoms with van der Waals surface area (Å²) < 4.78 is 0. The van der Waals surface area contributed by atoms with Crippen LogP contribution < -0.4 is 0 Å². The summed E-state index contributed by atoms with van der Waals surface area (Å²) in [5.74, 6) is 1.67. The maximum absolute atomic E-state index is 4.41. The minimum absolute atomic E-state index is 0.715. The van der Waals surface area contributed by atoms with E-state index in [1.807, 2.05) is 0 Å². The zero-order valence-electron chi connectivity index (χ0n) is 20.4. The van der Waals surface area contributed by atoms with Crippen molar-refractivity contribution in [1.82, 2.24) is 0 Å². The molecule has 2 atom stereocenters. The second-order valence-electron chi connectivity index (χ2n) is 9.78. The molecule has 0 nitrogen and oxygen atoms in total. The maximum atomic E-state index is 4.41. The summed E-state index contributed by atoms with van der Waals surface area (Å²) in [4.78, 5) is 0. The number of rotatable bonds is 23. The van der Waals surface area contributed by atoms with Gasteiger partial charge in [0.1, 0.15) is 0 Å². The van der Waals surface area contributed by atoms with Gasteiger partial charge in [-0.2, -0.15) is 0 Å². The Kier molecular flexibility index (Phi) is 23.3. The van der Waals surface area contributed by atoms with Gasteiger partial charge < -0.3 is 0 Å². The molecule has 0 fully saturated rings. The lowest BCUT2D eigenvalue weighted by atomic mass is 9.94. The Balaban J connectivity index is 3.22. The largest absolute Gasteiger partial charge is 0.0654 e. The molecular weight excluding hydrogens is 336 g/mol. The predicted molar refractivity (Wildman–Crippen MR) is 131 cm³/mol.